The van der Waals surface area contributed by atoms with Crippen molar-refractivity contribution in [2.24, 2.45) is 0 Å². The summed E-state index contributed by atoms with van der Waals surface area (Å²) < 4.78 is 4.93. The van der Waals surface area contributed by atoms with Crippen molar-refractivity contribution in [3.05, 3.63) is 106 Å². The monoisotopic (exact) mass is 598 g/mol. The maximum Gasteiger partial charge on any atom is 0.0366 e. The zero-order valence-corrected chi connectivity index (χ0v) is 22.6. The van der Waals surface area contributed by atoms with Crippen molar-refractivity contribution in [1.29, 1.82) is 0 Å². The first kappa shape index (κ1) is 20.8. The van der Waals surface area contributed by atoms with Crippen LogP contribution in [0.3, 0.4) is 0 Å². The van der Waals surface area contributed by atoms with E-state index in [2.05, 4.69) is 129 Å². The largest absolute Gasteiger partial charge is 0.135 e. The lowest BCUT2D eigenvalue weighted by Crippen LogP contribution is -1.78. The van der Waals surface area contributed by atoms with Gasteiger partial charge in [0.1, 0.15) is 0 Å². The van der Waals surface area contributed by atoms with Crippen LogP contribution in [0.4, 0.5) is 0 Å². The normalized spacial score (nSPS) is 11.8. The Balaban J connectivity index is 1.35. The SMILES string of the molecule is Brc1cc2ccccc2cc1-c1cc2cc3sc(-c4cc5ccccc5cc4Br)cc3cc2s1. The molecule has 0 fully saturated rings. The van der Waals surface area contributed by atoms with Gasteiger partial charge in [-0.25, -0.2) is 0 Å². The van der Waals surface area contributed by atoms with E-state index in [1.165, 1.54) is 62.6 Å². The smallest absolute Gasteiger partial charge is 0.0366 e. The maximum absolute atomic E-state index is 3.81. The van der Waals surface area contributed by atoms with E-state index in [1.807, 2.05) is 22.7 Å². The molecule has 0 saturated heterocycles. The Morgan fingerprint density at radius 1 is 0.412 bits per heavy atom. The summed E-state index contributed by atoms with van der Waals surface area (Å²) in [5.41, 5.74) is 2.51. The molecule has 2 aromatic heterocycles. The van der Waals surface area contributed by atoms with Gasteiger partial charge in [-0.05, 0) is 80.8 Å². The topological polar surface area (TPSA) is 0 Å². The van der Waals surface area contributed by atoms with Crippen molar-refractivity contribution in [1.82, 2.24) is 0 Å². The van der Waals surface area contributed by atoms with Gasteiger partial charge in [-0.15, -0.1) is 22.7 Å². The number of hydrogen-bond donors (Lipinski definition) is 0. The first-order valence-electron chi connectivity index (χ1n) is 11.0. The molecule has 0 saturated carbocycles. The van der Waals surface area contributed by atoms with Crippen LogP contribution in [0.1, 0.15) is 0 Å². The molecule has 2 heterocycles. The lowest BCUT2D eigenvalue weighted by Gasteiger charge is -2.05. The maximum atomic E-state index is 3.81. The quantitative estimate of drug-likeness (QED) is 0.185. The minimum absolute atomic E-state index is 1.14. The van der Waals surface area contributed by atoms with Crippen LogP contribution in [0.25, 0.3) is 62.6 Å². The van der Waals surface area contributed by atoms with Gasteiger partial charge in [0.2, 0.25) is 0 Å². The van der Waals surface area contributed by atoms with Crippen molar-refractivity contribution < 1.29 is 0 Å². The van der Waals surface area contributed by atoms with Gasteiger partial charge < -0.3 is 0 Å². The third kappa shape index (κ3) is 3.44. The van der Waals surface area contributed by atoms with Crippen LogP contribution in [-0.2, 0) is 0 Å². The molecule has 162 valence electrons. The summed E-state index contributed by atoms with van der Waals surface area (Å²) >= 11 is 11.3. The summed E-state index contributed by atoms with van der Waals surface area (Å²) in [5.74, 6) is 0. The molecule has 0 radical (unpaired) electrons. The Morgan fingerprint density at radius 2 is 0.794 bits per heavy atom. The average molecular weight is 600 g/mol. The summed E-state index contributed by atoms with van der Waals surface area (Å²) in [6.45, 7) is 0. The highest BCUT2D eigenvalue weighted by molar-refractivity contribution is 9.11. The second-order valence-corrected chi connectivity index (χ2v) is 12.4. The second kappa shape index (κ2) is 8.03. The molecule has 0 unspecified atom stereocenters. The fraction of sp³-hybridized carbons (Fsp3) is 0. The minimum Gasteiger partial charge on any atom is -0.135 e. The Hall–Kier alpha value is -2.50. The molecule has 0 nitrogen and oxygen atoms in total. The Kier molecular flexibility index (Phi) is 4.92. The van der Waals surface area contributed by atoms with Crippen LogP contribution in [-0.4, -0.2) is 0 Å². The molecular weight excluding hydrogens is 584 g/mol. The highest BCUT2D eigenvalue weighted by Crippen LogP contribution is 2.44. The molecule has 0 aliphatic rings. The fourth-order valence-electron chi connectivity index (χ4n) is 4.64. The number of rotatable bonds is 2. The molecular formula is C30H16Br2S2. The molecule has 0 atom stereocenters. The highest BCUT2D eigenvalue weighted by atomic mass is 79.9. The van der Waals surface area contributed by atoms with Gasteiger partial charge in [0, 0.05) is 39.2 Å². The Labute approximate surface area is 221 Å². The highest BCUT2D eigenvalue weighted by Gasteiger charge is 2.13. The molecule has 0 aliphatic carbocycles. The third-order valence-corrected chi connectivity index (χ3v) is 9.93. The predicted molar refractivity (Wildman–Crippen MR) is 158 cm³/mol. The minimum atomic E-state index is 1.14. The van der Waals surface area contributed by atoms with Gasteiger partial charge in [0.15, 0.2) is 0 Å². The van der Waals surface area contributed by atoms with E-state index in [4.69, 9.17) is 0 Å². The first-order valence-corrected chi connectivity index (χ1v) is 14.2. The zero-order valence-electron chi connectivity index (χ0n) is 17.8. The lowest BCUT2D eigenvalue weighted by molar-refractivity contribution is 1.69. The number of benzene rings is 5. The van der Waals surface area contributed by atoms with Crippen molar-refractivity contribution in [3.8, 4) is 20.9 Å². The molecule has 0 spiro atoms. The van der Waals surface area contributed by atoms with E-state index in [1.54, 1.807) is 0 Å². The van der Waals surface area contributed by atoms with Crippen molar-refractivity contribution in [2.45, 2.75) is 0 Å². The molecule has 7 aromatic rings. The molecule has 5 aromatic carbocycles. The first-order chi connectivity index (χ1) is 16.6. The predicted octanol–water partition coefficient (Wildman–Crippen LogP) is 11.3. The zero-order chi connectivity index (χ0) is 22.8. The lowest BCUT2D eigenvalue weighted by atomic mass is 10.1. The molecule has 0 amide bonds. The molecule has 34 heavy (non-hydrogen) atoms. The number of hydrogen-bond acceptors (Lipinski definition) is 2. The number of fused-ring (bicyclic) bond motifs is 4. The van der Waals surface area contributed by atoms with E-state index in [0.717, 1.165) is 8.95 Å². The summed E-state index contributed by atoms with van der Waals surface area (Å²) in [5, 5.41) is 7.66. The number of thiophene rings is 2. The average Bonchev–Trinajstić information content (AvgIpc) is 3.44. The van der Waals surface area contributed by atoms with Gasteiger partial charge >= 0.3 is 0 Å². The van der Waals surface area contributed by atoms with Gasteiger partial charge in [0.25, 0.3) is 0 Å². The van der Waals surface area contributed by atoms with E-state index in [-0.39, 0.29) is 0 Å². The van der Waals surface area contributed by atoms with E-state index < -0.39 is 0 Å². The van der Waals surface area contributed by atoms with Crippen molar-refractivity contribution in [2.75, 3.05) is 0 Å². The van der Waals surface area contributed by atoms with Crippen LogP contribution in [0.15, 0.2) is 106 Å². The summed E-state index contributed by atoms with van der Waals surface area (Å²) in [7, 11) is 0. The molecule has 7 rings (SSSR count). The molecule has 0 aliphatic heterocycles. The Morgan fingerprint density at radius 3 is 1.21 bits per heavy atom. The van der Waals surface area contributed by atoms with Crippen LogP contribution in [0.5, 0.6) is 0 Å². The van der Waals surface area contributed by atoms with Crippen LogP contribution in [0.2, 0.25) is 0 Å². The van der Waals surface area contributed by atoms with E-state index >= 15 is 0 Å². The standard InChI is InChI=1S/C30H16Br2S2/c31-25-11-19-7-3-1-5-17(19)9-23(25)29-15-21-13-28-22(14-27(21)33-29)16-30(34-28)24-10-18-6-2-4-8-20(18)12-26(24)32/h1-16H. The summed E-state index contributed by atoms with van der Waals surface area (Å²) in [6.07, 6.45) is 0. The van der Waals surface area contributed by atoms with Gasteiger partial charge in [-0.2, -0.15) is 0 Å². The summed E-state index contributed by atoms with van der Waals surface area (Å²) in [4.78, 5) is 2.59. The molecule has 0 N–H and O–H groups in total. The van der Waals surface area contributed by atoms with Gasteiger partial charge in [-0.1, -0.05) is 80.4 Å². The van der Waals surface area contributed by atoms with Crippen LogP contribution >= 0.6 is 54.5 Å². The van der Waals surface area contributed by atoms with Gasteiger partial charge in [-0.3, -0.25) is 0 Å². The third-order valence-electron chi connectivity index (χ3n) is 6.36. The van der Waals surface area contributed by atoms with Gasteiger partial charge in [0.05, 0.1) is 0 Å². The summed E-state index contributed by atoms with van der Waals surface area (Å²) in [6, 6.07) is 35.5. The van der Waals surface area contributed by atoms with Crippen LogP contribution < -0.4 is 0 Å². The molecule has 0 bridgehead atoms. The number of halogens is 2. The van der Waals surface area contributed by atoms with E-state index in [0.29, 0.717) is 0 Å². The molecule has 4 heteroatoms. The van der Waals surface area contributed by atoms with Crippen molar-refractivity contribution >= 4 is 96.3 Å². The van der Waals surface area contributed by atoms with Crippen LogP contribution in [0, 0.1) is 0 Å². The van der Waals surface area contributed by atoms with Crippen molar-refractivity contribution in [3.63, 3.8) is 0 Å². The second-order valence-electron chi connectivity index (χ2n) is 8.51. The van der Waals surface area contributed by atoms with E-state index in [9.17, 15) is 0 Å². The fourth-order valence-corrected chi connectivity index (χ4v) is 8.30. The Bertz CT molecular complexity index is 1710.